The Balaban J connectivity index is 1.70. The molecule has 4 nitrogen and oxygen atoms in total. The minimum absolute atomic E-state index is 0.288. The third-order valence-electron chi connectivity index (χ3n) is 7.45. The quantitative estimate of drug-likeness (QED) is 0.150. The van der Waals surface area contributed by atoms with Crippen LogP contribution in [0.3, 0.4) is 0 Å². The Hall–Kier alpha value is -4.79. The Bertz CT molecular complexity index is 1960. The van der Waals surface area contributed by atoms with Gasteiger partial charge < -0.3 is 9.47 Å². The van der Waals surface area contributed by atoms with Crippen LogP contribution in [0.5, 0.6) is 11.5 Å². The molecule has 0 fully saturated rings. The van der Waals surface area contributed by atoms with Gasteiger partial charge in [-0.2, -0.15) is 0 Å². The molecule has 0 aromatic heterocycles. The molecule has 1 atom stereocenters. The molecule has 0 spiro atoms. The van der Waals surface area contributed by atoms with Crippen molar-refractivity contribution in [3.8, 4) is 22.6 Å². The van der Waals surface area contributed by atoms with Gasteiger partial charge in [-0.25, -0.2) is 0 Å². The lowest BCUT2D eigenvalue weighted by Crippen LogP contribution is -2.21. The first-order valence-corrected chi connectivity index (χ1v) is 13.8. The first-order chi connectivity index (χ1) is 20.0. The fraction of sp³-hybridized carbons (Fsp3) is 0.0556. The van der Waals surface area contributed by atoms with E-state index in [4.69, 9.17) is 9.47 Å². The lowest BCUT2D eigenvalue weighted by Gasteiger charge is -2.20. The zero-order chi connectivity index (χ0) is 28.5. The summed E-state index contributed by atoms with van der Waals surface area (Å²) >= 11 is 0. The lowest BCUT2D eigenvalue weighted by atomic mass is 9.84. The van der Waals surface area contributed by atoms with E-state index in [1.807, 2.05) is 103 Å². The summed E-state index contributed by atoms with van der Waals surface area (Å²) in [6, 6.07) is 36.3. The molecule has 5 heteroatoms. The number of carbonyl (C=O) groups is 2. The summed E-state index contributed by atoms with van der Waals surface area (Å²) in [6.45, 7) is 0. The molecule has 0 amide bonds. The minimum Gasteiger partial charge on any atom is -0.496 e. The van der Waals surface area contributed by atoms with Crippen molar-refractivity contribution in [1.82, 2.24) is 0 Å². The molecule has 0 saturated carbocycles. The molecule has 0 saturated heterocycles. The van der Waals surface area contributed by atoms with Crippen LogP contribution < -0.4 is 14.8 Å². The van der Waals surface area contributed by atoms with Crippen molar-refractivity contribution in [2.24, 2.45) is 0 Å². The Morgan fingerprint density at radius 1 is 0.512 bits per heavy atom. The van der Waals surface area contributed by atoms with Crippen LogP contribution in [0.1, 0.15) is 31.8 Å². The van der Waals surface area contributed by atoms with Gasteiger partial charge >= 0.3 is 0 Å². The van der Waals surface area contributed by atoms with Crippen molar-refractivity contribution >= 4 is 47.7 Å². The number of ether oxygens (including phenoxy) is 2. The summed E-state index contributed by atoms with van der Waals surface area (Å²) in [7, 11) is 5.76. The molecule has 200 valence electrons. The van der Waals surface area contributed by atoms with Crippen molar-refractivity contribution < 1.29 is 19.1 Å². The molecule has 0 aliphatic rings. The van der Waals surface area contributed by atoms with Gasteiger partial charge in [0.15, 0.2) is 11.6 Å². The van der Waals surface area contributed by atoms with E-state index < -0.39 is 0 Å². The second kappa shape index (κ2) is 11.0. The Morgan fingerprint density at radius 3 is 1.54 bits per heavy atom. The number of hydrogen-bond donors (Lipinski definition) is 0. The van der Waals surface area contributed by atoms with Gasteiger partial charge in [0.1, 0.15) is 11.5 Å². The smallest absolute Gasteiger partial charge is 0.198 e. The van der Waals surface area contributed by atoms with Gasteiger partial charge in [-0.15, -0.1) is 9.24 Å². The molecule has 6 aromatic rings. The first kappa shape index (κ1) is 26.4. The number of hydrogen-bond acceptors (Lipinski definition) is 4. The summed E-state index contributed by atoms with van der Waals surface area (Å²) in [5.41, 5.74) is 2.96. The van der Waals surface area contributed by atoms with E-state index in [0.717, 1.165) is 27.1 Å². The highest BCUT2D eigenvalue weighted by Crippen LogP contribution is 2.37. The third-order valence-corrected chi connectivity index (χ3v) is 7.93. The van der Waals surface area contributed by atoms with Crippen molar-refractivity contribution in [3.63, 3.8) is 0 Å². The maximum Gasteiger partial charge on any atom is 0.198 e. The molecule has 0 heterocycles. The Kier molecular flexibility index (Phi) is 7.09. The van der Waals surface area contributed by atoms with Crippen LogP contribution in [-0.4, -0.2) is 25.8 Å². The van der Waals surface area contributed by atoms with Crippen LogP contribution in [-0.2, 0) is 0 Å². The summed E-state index contributed by atoms with van der Waals surface area (Å²) in [5, 5.41) is 3.94. The third kappa shape index (κ3) is 4.57. The summed E-state index contributed by atoms with van der Waals surface area (Å²) in [6.07, 6.45) is 0. The molecular formula is C36H27O4P. The molecule has 0 bridgehead atoms. The summed E-state index contributed by atoms with van der Waals surface area (Å²) in [5.74, 6) is 0.320. The van der Waals surface area contributed by atoms with Crippen molar-refractivity contribution in [1.29, 1.82) is 0 Å². The minimum atomic E-state index is -0.288. The summed E-state index contributed by atoms with van der Waals surface area (Å²) < 4.78 is 11.4. The van der Waals surface area contributed by atoms with Crippen LogP contribution >= 0.6 is 9.24 Å². The van der Waals surface area contributed by atoms with E-state index >= 15 is 0 Å². The van der Waals surface area contributed by atoms with Gasteiger partial charge in [-0.1, -0.05) is 103 Å². The van der Waals surface area contributed by atoms with Crippen molar-refractivity contribution in [3.05, 3.63) is 138 Å². The predicted molar refractivity (Wildman–Crippen MR) is 169 cm³/mol. The van der Waals surface area contributed by atoms with Crippen molar-refractivity contribution in [2.75, 3.05) is 14.2 Å². The fourth-order valence-corrected chi connectivity index (χ4v) is 5.89. The molecule has 41 heavy (non-hydrogen) atoms. The van der Waals surface area contributed by atoms with Crippen LogP contribution in [0.25, 0.3) is 32.7 Å². The maximum absolute atomic E-state index is 14.9. The average Bonchev–Trinajstić information content (AvgIpc) is 3.03. The van der Waals surface area contributed by atoms with Gasteiger partial charge in [0.05, 0.1) is 25.3 Å². The Morgan fingerprint density at radius 2 is 1.00 bits per heavy atom. The zero-order valence-electron chi connectivity index (χ0n) is 22.7. The second-order valence-corrected chi connectivity index (χ2v) is 10.3. The van der Waals surface area contributed by atoms with Gasteiger partial charge in [0.25, 0.3) is 0 Å². The van der Waals surface area contributed by atoms with Crippen LogP contribution in [0, 0.1) is 0 Å². The second-order valence-electron chi connectivity index (χ2n) is 9.70. The first-order valence-electron chi connectivity index (χ1n) is 13.2. The number of benzene rings is 6. The number of fused-ring (bicyclic) bond motifs is 2. The average molecular weight is 555 g/mol. The molecule has 6 aromatic carbocycles. The number of methoxy groups -OCH3 is 2. The Labute approximate surface area is 240 Å². The van der Waals surface area contributed by atoms with Crippen molar-refractivity contribution in [2.45, 2.75) is 0 Å². The molecule has 6 rings (SSSR count). The van der Waals surface area contributed by atoms with E-state index in [-0.39, 0.29) is 11.6 Å². The normalized spacial score (nSPS) is 11.0. The van der Waals surface area contributed by atoms with Crippen LogP contribution in [0.4, 0.5) is 0 Å². The van der Waals surface area contributed by atoms with E-state index in [2.05, 4.69) is 9.24 Å². The largest absolute Gasteiger partial charge is 0.496 e. The van der Waals surface area contributed by atoms with Crippen LogP contribution in [0.15, 0.2) is 115 Å². The SMILES string of the molecule is COc1ccc2ccccc2c1C(=O)c1c(P)ccc(-c2ccccc2)c1C(=O)c1c(OC)ccc2ccccc12. The van der Waals surface area contributed by atoms with Gasteiger partial charge in [-0.3, -0.25) is 9.59 Å². The van der Waals surface area contributed by atoms with Gasteiger partial charge in [-0.05, 0) is 50.1 Å². The fourth-order valence-electron chi connectivity index (χ4n) is 5.52. The molecular weight excluding hydrogens is 527 g/mol. The molecule has 0 N–H and O–H groups in total. The molecule has 0 radical (unpaired) electrons. The van der Waals surface area contributed by atoms with Crippen LogP contribution in [0.2, 0.25) is 0 Å². The summed E-state index contributed by atoms with van der Waals surface area (Å²) in [4.78, 5) is 29.6. The van der Waals surface area contributed by atoms with Gasteiger partial charge in [0, 0.05) is 11.1 Å². The molecule has 0 aliphatic heterocycles. The maximum atomic E-state index is 14.9. The number of rotatable bonds is 7. The highest BCUT2D eigenvalue weighted by molar-refractivity contribution is 7.27. The highest BCUT2D eigenvalue weighted by atomic mass is 31.0. The number of carbonyl (C=O) groups excluding carboxylic acids is 2. The topological polar surface area (TPSA) is 52.6 Å². The van der Waals surface area contributed by atoms with E-state index in [0.29, 0.717) is 44.6 Å². The van der Waals surface area contributed by atoms with E-state index in [1.54, 1.807) is 26.4 Å². The monoisotopic (exact) mass is 554 g/mol. The van der Waals surface area contributed by atoms with E-state index in [9.17, 15) is 9.59 Å². The highest BCUT2D eigenvalue weighted by Gasteiger charge is 2.30. The molecule has 1 unspecified atom stereocenters. The zero-order valence-corrected chi connectivity index (χ0v) is 23.8. The lowest BCUT2D eigenvalue weighted by molar-refractivity contribution is 0.100. The van der Waals surface area contributed by atoms with Gasteiger partial charge in [0.2, 0.25) is 0 Å². The molecule has 0 aliphatic carbocycles. The van der Waals surface area contributed by atoms with E-state index in [1.165, 1.54) is 0 Å². The predicted octanol–water partition coefficient (Wildman–Crippen LogP) is 7.64. The standard InChI is InChI=1S/C36H27O4P/c1-39-28-19-16-23-12-6-8-14-25(23)31(28)35(37)33-27(22-10-4-3-5-11-22)18-21-30(41)34(33)36(38)32-26-15-9-7-13-24(26)17-20-29(32)40-2/h3-21H,41H2,1-2H3. The number of ketones is 2.